The molecule has 2 fully saturated rings. The molecule has 2 aliphatic rings. The van der Waals surface area contributed by atoms with Gasteiger partial charge in [0.1, 0.15) is 5.65 Å². The minimum absolute atomic E-state index is 0.119. The highest BCUT2D eigenvalue weighted by Gasteiger charge is 2.42. The molecule has 1 atom stereocenters. The number of rotatable bonds is 6. The summed E-state index contributed by atoms with van der Waals surface area (Å²) in [6.07, 6.45) is 8.54. The van der Waals surface area contributed by atoms with Crippen molar-refractivity contribution in [3.8, 4) is 0 Å². The molecule has 1 spiro atoms. The number of thioether (sulfide) groups is 1. The number of aromatic amines is 1. The molecule has 0 bridgehead atoms. The second-order valence-corrected chi connectivity index (χ2v) is 11.6. The van der Waals surface area contributed by atoms with E-state index in [2.05, 4.69) is 32.1 Å². The topological polar surface area (TPSA) is 109 Å². The molecule has 3 aromatic heterocycles. The van der Waals surface area contributed by atoms with Gasteiger partial charge in [0, 0.05) is 59.0 Å². The first-order valence-electron chi connectivity index (χ1n) is 13.0. The molecule has 3 aromatic rings. The van der Waals surface area contributed by atoms with Crippen molar-refractivity contribution in [2.24, 2.45) is 11.3 Å². The van der Waals surface area contributed by atoms with Crippen LogP contribution in [0.25, 0.3) is 11.0 Å². The van der Waals surface area contributed by atoms with E-state index < -0.39 is 0 Å². The molecular formula is C28H35N5O3S. The average molecular weight is 522 g/mol. The number of amides is 2. The van der Waals surface area contributed by atoms with E-state index >= 15 is 0 Å². The van der Waals surface area contributed by atoms with E-state index in [0.29, 0.717) is 23.5 Å². The van der Waals surface area contributed by atoms with E-state index in [-0.39, 0.29) is 35.4 Å². The Morgan fingerprint density at radius 2 is 2.05 bits per heavy atom. The molecule has 9 heteroatoms. The van der Waals surface area contributed by atoms with E-state index in [1.807, 2.05) is 38.3 Å². The fraction of sp³-hybridized carbons (Fsp3) is 0.500. The number of aryl methyl sites for hydroxylation is 1. The summed E-state index contributed by atoms with van der Waals surface area (Å²) in [5.74, 6) is 0.422. The van der Waals surface area contributed by atoms with Crippen LogP contribution in [0.15, 0.2) is 34.1 Å². The van der Waals surface area contributed by atoms with Gasteiger partial charge in [-0.25, -0.2) is 4.98 Å². The first-order valence-corrected chi connectivity index (χ1v) is 14.2. The van der Waals surface area contributed by atoms with Crippen LogP contribution in [0.3, 0.4) is 0 Å². The quantitative estimate of drug-likeness (QED) is 0.420. The summed E-state index contributed by atoms with van der Waals surface area (Å²) < 4.78 is 2.22. The van der Waals surface area contributed by atoms with Crippen molar-refractivity contribution < 1.29 is 9.59 Å². The van der Waals surface area contributed by atoms with Gasteiger partial charge in [0.15, 0.2) is 0 Å². The van der Waals surface area contributed by atoms with E-state index in [0.717, 1.165) is 59.5 Å². The maximum Gasteiger partial charge on any atom is 0.254 e. The van der Waals surface area contributed by atoms with E-state index in [1.165, 1.54) is 11.8 Å². The summed E-state index contributed by atoms with van der Waals surface area (Å²) in [6, 6.07) is 5.91. The lowest BCUT2D eigenvalue weighted by Crippen LogP contribution is -2.32. The maximum atomic E-state index is 13.5. The molecule has 0 unspecified atom stereocenters. The molecular weight excluding hydrogens is 486 g/mol. The zero-order chi connectivity index (χ0) is 26.3. The van der Waals surface area contributed by atoms with Crippen LogP contribution in [0.4, 0.5) is 0 Å². The molecule has 196 valence electrons. The number of carbonyl (C=O) groups is 2. The highest BCUT2D eigenvalue weighted by atomic mass is 32.2. The number of hydrogen-bond acceptors (Lipinski definition) is 5. The molecule has 1 aliphatic heterocycles. The Hall–Kier alpha value is -3.07. The van der Waals surface area contributed by atoms with Gasteiger partial charge in [-0.1, -0.05) is 0 Å². The third-order valence-corrected chi connectivity index (χ3v) is 9.29. The Kier molecular flexibility index (Phi) is 6.91. The van der Waals surface area contributed by atoms with Gasteiger partial charge in [0.05, 0.1) is 5.56 Å². The number of nitrogens with zero attached hydrogens (tertiary/aromatic N) is 2. The van der Waals surface area contributed by atoms with Gasteiger partial charge in [0.25, 0.3) is 11.5 Å². The number of nitrogens with one attached hydrogen (secondary N) is 3. The predicted molar refractivity (Wildman–Crippen MR) is 146 cm³/mol. The van der Waals surface area contributed by atoms with Crippen molar-refractivity contribution in [3.05, 3.63) is 57.3 Å². The SMILES string of the molecule is CSc1cc(C)[nH]c(=O)c1CNC(=O)c1c(C)n([C@H](C)C2CCC3(CC2)CNC(=O)C3)c2ncccc12. The van der Waals surface area contributed by atoms with Crippen LogP contribution < -0.4 is 16.2 Å². The molecule has 0 radical (unpaired) electrons. The highest BCUT2D eigenvalue weighted by molar-refractivity contribution is 7.98. The molecule has 3 N–H and O–H groups in total. The van der Waals surface area contributed by atoms with Crippen molar-refractivity contribution in [2.45, 2.75) is 70.4 Å². The van der Waals surface area contributed by atoms with Crippen LogP contribution in [-0.2, 0) is 11.3 Å². The standard InChI is InChI=1S/C28H35N5O3S/c1-16-12-22(37-4)21(26(35)32-16)14-30-27(36)24-18(3)33(25-20(24)6-5-11-29-25)17(2)19-7-9-28(10-8-19)13-23(34)31-15-28/h5-6,11-12,17,19H,7-10,13-15H2,1-4H3,(H,30,36)(H,31,34)(H,32,35)/t17-,19?,28?/m1/s1. The van der Waals surface area contributed by atoms with E-state index in [4.69, 9.17) is 0 Å². The van der Waals surface area contributed by atoms with Crippen molar-refractivity contribution in [1.82, 2.24) is 25.2 Å². The summed E-state index contributed by atoms with van der Waals surface area (Å²) in [7, 11) is 0. The van der Waals surface area contributed by atoms with Crippen molar-refractivity contribution >= 4 is 34.6 Å². The number of fused-ring (bicyclic) bond motifs is 1. The number of pyridine rings is 2. The minimum atomic E-state index is -0.202. The Bertz CT molecular complexity index is 1420. The lowest BCUT2D eigenvalue weighted by atomic mass is 9.68. The fourth-order valence-electron chi connectivity index (χ4n) is 6.39. The lowest BCUT2D eigenvalue weighted by molar-refractivity contribution is -0.119. The first kappa shape index (κ1) is 25.6. The zero-order valence-corrected chi connectivity index (χ0v) is 22.8. The number of carbonyl (C=O) groups excluding carboxylic acids is 2. The summed E-state index contributed by atoms with van der Waals surface area (Å²) in [4.78, 5) is 46.3. The van der Waals surface area contributed by atoms with Gasteiger partial charge in [0.2, 0.25) is 5.91 Å². The van der Waals surface area contributed by atoms with E-state index in [1.54, 1.807) is 6.20 Å². The van der Waals surface area contributed by atoms with Crippen LogP contribution >= 0.6 is 11.8 Å². The number of hydrogen-bond donors (Lipinski definition) is 3. The smallest absolute Gasteiger partial charge is 0.254 e. The van der Waals surface area contributed by atoms with Gasteiger partial charge in [-0.2, -0.15) is 0 Å². The van der Waals surface area contributed by atoms with Gasteiger partial charge in [-0.05, 0) is 82.2 Å². The van der Waals surface area contributed by atoms with E-state index in [9.17, 15) is 14.4 Å². The molecule has 1 aliphatic carbocycles. The Morgan fingerprint density at radius 1 is 1.30 bits per heavy atom. The number of aromatic nitrogens is 3. The second kappa shape index (κ2) is 10.0. The fourth-order valence-corrected chi connectivity index (χ4v) is 7.09. The maximum absolute atomic E-state index is 13.5. The molecule has 5 rings (SSSR count). The monoisotopic (exact) mass is 521 g/mol. The normalized spacial score (nSPS) is 22.4. The second-order valence-electron chi connectivity index (χ2n) is 10.7. The predicted octanol–water partition coefficient (Wildman–Crippen LogP) is 4.25. The molecule has 8 nitrogen and oxygen atoms in total. The van der Waals surface area contributed by atoms with Crippen molar-refractivity contribution in [1.29, 1.82) is 0 Å². The van der Waals surface area contributed by atoms with Crippen LogP contribution in [0.2, 0.25) is 0 Å². The van der Waals surface area contributed by atoms with Crippen LogP contribution in [0, 0.1) is 25.2 Å². The van der Waals surface area contributed by atoms with Crippen LogP contribution in [0.1, 0.15) is 72.4 Å². The Balaban J connectivity index is 1.40. The summed E-state index contributed by atoms with van der Waals surface area (Å²) in [5.41, 5.74) is 3.63. The molecule has 0 aromatic carbocycles. The molecule has 1 saturated carbocycles. The summed E-state index contributed by atoms with van der Waals surface area (Å²) in [5, 5.41) is 6.84. The summed E-state index contributed by atoms with van der Waals surface area (Å²) >= 11 is 1.50. The summed E-state index contributed by atoms with van der Waals surface area (Å²) in [6.45, 7) is 7.02. The minimum Gasteiger partial charge on any atom is -0.356 e. The molecule has 4 heterocycles. The highest BCUT2D eigenvalue weighted by Crippen LogP contribution is 2.47. The average Bonchev–Trinajstić information content (AvgIpc) is 3.38. The van der Waals surface area contributed by atoms with Crippen molar-refractivity contribution in [2.75, 3.05) is 12.8 Å². The lowest BCUT2D eigenvalue weighted by Gasteiger charge is -2.39. The Labute approximate surface area is 221 Å². The third kappa shape index (κ3) is 4.69. The number of H-pyrrole nitrogens is 1. The first-order chi connectivity index (χ1) is 17.7. The van der Waals surface area contributed by atoms with Crippen LogP contribution in [-0.4, -0.2) is 39.1 Å². The molecule has 37 heavy (non-hydrogen) atoms. The Morgan fingerprint density at radius 3 is 2.73 bits per heavy atom. The molecule has 2 amide bonds. The zero-order valence-electron chi connectivity index (χ0n) is 21.9. The largest absolute Gasteiger partial charge is 0.356 e. The van der Waals surface area contributed by atoms with Gasteiger partial charge in [-0.3, -0.25) is 14.4 Å². The third-order valence-electron chi connectivity index (χ3n) is 8.49. The van der Waals surface area contributed by atoms with Gasteiger partial charge in [-0.15, -0.1) is 11.8 Å². The van der Waals surface area contributed by atoms with Gasteiger partial charge >= 0.3 is 0 Å². The van der Waals surface area contributed by atoms with Gasteiger partial charge < -0.3 is 20.2 Å². The van der Waals surface area contributed by atoms with Crippen LogP contribution in [0.5, 0.6) is 0 Å². The van der Waals surface area contributed by atoms with Crippen molar-refractivity contribution in [3.63, 3.8) is 0 Å². The molecule has 1 saturated heterocycles.